The van der Waals surface area contributed by atoms with Crippen LogP contribution in [0.1, 0.15) is 10.4 Å². The Morgan fingerprint density at radius 1 is 1.47 bits per heavy atom. The predicted molar refractivity (Wildman–Crippen MR) is 67.3 cm³/mol. The Labute approximate surface area is 108 Å². The van der Waals surface area contributed by atoms with Crippen LogP contribution in [-0.2, 0) is 0 Å². The van der Waals surface area contributed by atoms with E-state index in [1.165, 1.54) is 0 Å². The fourth-order valence-electron chi connectivity index (χ4n) is 2.34. The van der Waals surface area contributed by atoms with E-state index in [1.807, 2.05) is 23.1 Å². The molecule has 1 unspecified atom stereocenters. The molecule has 0 radical (unpaired) electrons. The average Bonchev–Trinajstić information content (AvgIpc) is 2.50. The van der Waals surface area contributed by atoms with Crippen LogP contribution in [0.4, 0.5) is 0 Å². The van der Waals surface area contributed by atoms with Crippen LogP contribution >= 0.6 is 15.9 Å². The molecule has 1 amide bonds. The summed E-state index contributed by atoms with van der Waals surface area (Å²) in [6.07, 6.45) is 0. The molecular formula is C12H13BrN2O2. The van der Waals surface area contributed by atoms with E-state index in [2.05, 4.69) is 21.2 Å². The fourth-order valence-corrected chi connectivity index (χ4v) is 2.82. The van der Waals surface area contributed by atoms with Gasteiger partial charge < -0.3 is 15.0 Å². The Kier molecular flexibility index (Phi) is 2.80. The molecule has 1 atom stereocenters. The molecular weight excluding hydrogens is 284 g/mol. The van der Waals surface area contributed by atoms with Gasteiger partial charge in [0.1, 0.15) is 12.4 Å². The highest BCUT2D eigenvalue weighted by atomic mass is 79.9. The fraction of sp³-hybridized carbons (Fsp3) is 0.417. The molecule has 0 aromatic heterocycles. The van der Waals surface area contributed by atoms with Crippen LogP contribution in [0.15, 0.2) is 22.7 Å². The van der Waals surface area contributed by atoms with Gasteiger partial charge in [0.25, 0.3) is 5.91 Å². The van der Waals surface area contributed by atoms with E-state index >= 15 is 0 Å². The van der Waals surface area contributed by atoms with Crippen molar-refractivity contribution in [3.8, 4) is 5.75 Å². The van der Waals surface area contributed by atoms with Crippen molar-refractivity contribution in [3.63, 3.8) is 0 Å². The number of hydrogen-bond acceptors (Lipinski definition) is 3. The second-order valence-corrected chi connectivity index (χ2v) is 5.14. The Bertz CT molecular complexity index is 464. The van der Waals surface area contributed by atoms with Crippen LogP contribution in [0, 0.1) is 0 Å². The summed E-state index contributed by atoms with van der Waals surface area (Å²) < 4.78 is 6.61. The van der Waals surface area contributed by atoms with Gasteiger partial charge in [0, 0.05) is 19.6 Å². The van der Waals surface area contributed by atoms with Crippen molar-refractivity contribution in [1.82, 2.24) is 10.2 Å². The van der Waals surface area contributed by atoms with Gasteiger partial charge in [-0.3, -0.25) is 4.79 Å². The van der Waals surface area contributed by atoms with Crippen LogP contribution in [0.25, 0.3) is 0 Å². The zero-order valence-corrected chi connectivity index (χ0v) is 10.9. The number of benzene rings is 1. The van der Waals surface area contributed by atoms with Gasteiger partial charge in [-0.05, 0) is 28.1 Å². The van der Waals surface area contributed by atoms with Crippen molar-refractivity contribution < 1.29 is 9.53 Å². The first-order chi connectivity index (χ1) is 8.27. The van der Waals surface area contributed by atoms with Crippen molar-refractivity contribution in [2.45, 2.75) is 6.04 Å². The summed E-state index contributed by atoms with van der Waals surface area (Å²) in [5.41, 5.74) is 0.656. The molecule has 0 aliphatic carbocycles. The molecule has 4 nitrogen and oxygen atoms in total. The largest absolute Gasteiger partial charge is 0.489 e. The molecule has 2 heterocycles. The van der Waals surface area contributed by atoms with E-state index in [4.69, 9.17) is 4.74 Å². The number of halogens is 1. The zero-order valence-electron chi connectivity index (χ0n) is 9.28. The van der Waals surface area contributed by atoms with Crippen molar-refractivity contribution in [2.24, 2.45) is 0 Å². The molecule has 2 aliphatic rings. The van der Waals surface area contributed by atoms with Crippen molar-refractivity contribution >= 4 is 21.8 Å². The minimum absolute atomic E-state index is 0.0744. The van der Waals surface area contributed by atoms with Crippen LogP contribution in [0.5, 0.6) is 5.75 Å². The summed E-state index contributed by atoms with van der Waals surface area (Å²) in [5.74, 6) is 0.747. The maximum atomic E-state index is 12.4. The topological polar surface area (TPSA) is 41.6 Å². The second kappa shape index (κ2) is 4.31. The third-order valence-electron chi connectivity index (χ3n) is 3.23. The highest BCUT2D eigenvalue weighted by Gasteiger charge is 2.33. The minimum atomic E-state index is 0.0744. The average molecular weight is 297 g/mol. The Hall–Kier alpha value is -1.07. The number of nitrogens with one attached hydrogen (secondary N) is 1. The lowest BCUT2D eigenvalue weighted by molar-refractivity contribution is 0.0606. The third-order valence-corrected chi connectivity index (χ3v) is 3.85. The van der Waals surface area contributed by atoms with Gasteiger partial charge in [0.2, 0.25) is 0 Å². The molecule has 5 heteroatoms. The van der Waals surface area contributed by atoms with Crippen molar-refractivity contribution in [3.05, 3.63) is 28.2 Å². The van der Waals surface area contributed by atoms with Crippen molar-refractivity contribution in [1.29, 1.82) is 0 Å². The number of ether oxygens (including phenoxy) is 1. The molecule has 1 aromatic rings. The monoisotopic (exact) mass is 296 g/mol. The third kappa shape index (κ3) is 1.83. The number of carbonyl (C=O) groups excluding carboxylic acids is 1. The highest BCUT2D eigenvalue weighted by Crippen LogP contribution is 2.32. The van der Waals surface area contributed by atoms with Gasteiger partial charge in [0.05, 0.1) is 16.1 Å². The first kappa shape index (κ1) is 11.0. The van der Waals surface area contributed by atoms with Gasteiger partial charge in [-0.2, -0.15) is 0 Å². The summed E-state index contributed by atoms with van der Waals surface area (Å²) in [7, 11) is 0. The molecule has 3 rings (SSSR count). The lowest BCUT2D eigenvalue weighted by Crippen LogP contribution is -2.54. The molecule has 17 heavy (non-hydrogen) atoms. The molecule has 1 aromatic carbocycles. The van der Waals surface area contributed by atoms with Crippen molar-refractivity contribution in [2.75, 3.05) is 26.2 Å². The number of carbonyl (C=O) groups is 1. The van der Waals surface area contributed by atoms with Gasteiger partial charge in [-0.1, -0.05) is 6.07 Å². The van der Waals surface area contributed by atoms with Crippen LogP contribution in [0.3, 0.4) is 0 Å². The number of rotatable bonds is 0. The number of para-hydroxylation sites is 1. The van der Waals surface area contributed by atoms with E-state index in [-0.39, 0.29) is 11.9 Å². The van der Waals surface area contributed by atoms with Crippen LogP contribution in [0.2, 0.25) is 0 Å². The first-order valence-electron chi connectivity index (χ1n) is 5.70. The molecule has 1 fully saturated rings. The first-order valence-corrected chi connectivity index (χ1v) is 6.49. The zero-order chi connectivity index (χ0) is 11.8. The highest BCUT2D eigenvalue weighted by molar-refractivity contribution is 9.10. The quantitative estimate of drug-likeness (QED) is 0.784. The predicted octanol–water partition coefficient (Wildman–Crippen LogP) is 1.26. The minimum Gasteiger partial charge on any atom is -0.489 e. The lowest BCUT2D eigenvalue weighted by atomic mass is 10.1. The maximum absolute atomic E-state index is 12.4. The van der Waals surface area contributed by atoms with Gasteiger partial charge >= 0.3 is 0 Å². The molecule has 90 valence electrons. The summed E-state index contributed by atoms with van der Waals surface area (Å²) in [6, 6.07) is 5.73. The van der Waals surface area contributed by atoms with Gasteiger partial charge in [-0.25, -0.2) is 0 Å². The van der Waals surface area contributed by atoms with Gasteiger partial charge in [0.15, 0.2) is 0 Å². The number of amides is 1. The Morgan fingerprint density at radius 3 is 3.24 bits per heavy atom. The number of piperazine rings is 1. The summed E-state index contributed by atoms with van der Waals surface area (Å²) in [6.45, 7) is 2.95. The normalized spacial score (nSPS) is 23.5. The van der Waals surface area contributed by atoms with Crippen LogP contribution < -0.4 is 10.1 Å². The standard InChI is InChI=1S/C12H13BrN2O2/c13-10-3-1-2-9-11(10)17-7-8-6-14-4-5-15(8)12(9)16/h1-3,8,14H,4-7H2. The lowest BCUT2D eigenvalue weighted by Gasteiger charge is -2.33. The second-order valence-electron chi connectivity index (χ2n) is 4.28. The maximum Gasteiger partial charge on any atom is 0.258 e. The Morgan fingerprint density at radius 2 is 2.35 bits per heavy atom. The number of hydrogen-bond donors (Lipinski definition) is 1. The molecule has 1 saturated heterocycles. The SMILES string of the molecule is O=C1c2cccc(Br)c2OCC2CNCCN12. The molecule has 0 spiro atoms. The van der Waals surface area contributed by atoms with E-state index < -0.39 is 0 Å². The summed E-state index contributed by atoms with van der Waals surface area (Å²) >= 11 is 3.43. The summed E-state index contributed by atoms with van der Waals surface area (Å²) in [5, 5.41) is 3.29. The van der Waals surface area contributed by atoms with E-state index in [0.29, 0.717) is 17.9 Å². The summed E-state index contributed by atoms with van der Waals surface area (Å²) in [4.78, 5) is 14.3. The van der Waals surface area contributed by atoms with E-state index in [0.717, 1.165) is 24.1 Å². The number of fused-ring (bicyclic) bond motifs is 2. The van der Waals surface area contributed by atoms with Crippen LogP contribution in [-0.4, -0.2) is 43.1 Å². The van der Waals surface area contributed by atoms with E-state index in [9.17, 15) is 4.79 Å². The Balaban J connectivity index is 2.04. The number of nitrogens with zero attached hydrogens (tertiary/aromatic N) is 1. The molecule has 1 N–H and O–H groups in total. The van der Waals surface area contributed by atoms with Gasteiger partial charge in [-0.15, -0.1) is 0 Å². The smallest absolute Gasteiger partial charge is 0.258 e. The van der Waals surface area contributed by atoms with E-state index in [1.54, 1.807) is 0 Å². The molecule has 2 aliphatic heterocycles. The molecule has 0 saturated carbocycles. The molecule has 0 bridgehead atoms.